The molecule has 21 aromatic rings. The van der Waals surface area contributed by atoms with E-state index < -0.39 is 0 Å². The maximum Gasteiger partial charge on any atom is 0.160 e. The summed E-state index contributed by atoms with van der Waals surface area (Å²) in [5.74, 6) is 1.45. The number of halogens is 1. The van der Waals surface area contributed by atoms with E-state index in [4.69, 9.17) is 19.9 Å². The van der Waals surface area contributed by atoms with E-state index in [9.17, 15) is 0 Å². The Morgan fingerprint density at radius 3 is 1.05 bits per heavy atom. The largest absolute Gasteiger partial charge is 0.308 e. The van der Waals surface area contributed by atoms with Crippen molar-refractivity contribution in [1.82, 2.24) is 24.5 Å². The Morgan fingerprint density at radius 1 is 0.248 bits per heavy atom. The Morgan fingerprint density at radius 2 is 0.593 bits per heavy atom. The van der Waals surface area contributed by atoms with Gasteiger partial charge < -0.3 is 4.57 Å². The summed E-state index contributed by atoms with van der Waals surface area (Å²) in [6.07, 6.45) is 1.02. The second-order valence-corrected chi connectivity index (χ2v) is 31.5. The molecule has 532 valence electrons. The molecule has 5 aromatic heterocycles. The lowest BCUT2D eigenvalue weighted by atomic mass is 9.98. The molecular weight excluding hydrogens is 1480 g/mol. The molecule has 5 heterocycles. The standard InChI is InChI=1S/C52H33N3S.C31H20S.C22H15BrN2/c1-5-13-34(14-6-1)39-23-29-48-44(31-39)42-27-28-43-45-32-40(35-15-7-2-8-16-35)24-30-49(45)56-51(43)50(42)55(48)41-25-21-37(22-26-41)47-33-46(36-17-9-3-10-18-36)53-52(54-47)38-19-11-4-12-20-38;1-3-7-20(8-4-1)22-11-12-24-19-29-25(27(24)17-22)14-15-26-28-18-23(21-9-5-2-6-10-21)13-16-30(28)32-31(26)29;23-19-13-11-17(12-14-19)21-15-20(16-7-3-1-4-8-16)24-22(25-21)18-9-5-2-6-10-18/h1-33H;1-18H,19H2;1-15H. The van der Waals surface area contributed by atoms with Crippen molar-refractivity contribution in [3.05, 3.63) is 416 Å². The zero-order chi connectivity index (χ0) is 75.1. The number of nitrogens with zero attached hydrogens (tertiary/aromatic N) is 5. The van der Waals surface area contributed by atoms with Crippen LogP contribution in [0.4, 0.5) is 0 Å². The fraction of sp³-hybridized carbons (Fsp3) is 0.00952. The summed E-state index contributed by atoms with van der Waals surface area (Å²) in [6.45, 7) is 0. The van der Waals surface area contributed by atoms with Gasteiger partial charge in [0, 0.05) is 96.4 Å². The Hall–Kier alpha value is -13.6. The van der Waals surface area contributed by atoms with Gasteiger partial charge in [0.2, 0.25) is 0 Å². The van der Waals surface area contributed by atoms with Crippen molar-refractivity contribution in [1.29, 1.82) is 0 Å². The van der Waals surface area contributed by atoms with Crippen molar-refractivity contribution in [3.63, 3.8) is 0 Å². The van der Waals surface area contributed by atoms with Crippen molar-refractivity contribution < 1.29 is 0 Å². The molecule has 0 radical (unpaired) electrons. The Balaban J connectivity index is 0.000000122. The van der Waals surface area contributed by atoms with Crippen LogP contribution in [-0.4, -0.2) is 24.5 Å². The molecule has 0 spiro atoms. The van der Waals surface area contributed by atoms with Crippen LogP contribution in [0.2, 0.25) is 0 Å². The van der Waals surface area contributed by atoms with Crippen LogP contribution in [0.3, 0.4) is 0 Å². The van der Waals surface area contributed by atoms with Crippen molar-refractivity contribution in [2.75, 3.05) is 0 Å². The molecule has 0 saturated heterocycles. The van der Waals surface area contributed by atoms with Gasteiger partial charge >= 0.3 is 0 Å². The first-order valence-electron chi connectivity index (χ1n) is 38.0. The third kappa shape index (κ3) is 13.5. The van der Waals surface area contributed by atoms with Crippen molar-refractivity contribution in [2.45, 2.75) is 6.42 Å². The molecular formula is C105H68BrN5S2. The summed E-state index contributed by atoms with van der Waals surface area (Å²) >= 11 is 7.31. The van der Waals surface area contributed by atoms with Crippen LogP contribution >= 0.6 is 38.6 Å². The first-order chi connectivity index (χ1) is 55.9. The molecule has 1 aliphatic rings. The molecule has 0 unspecified atom stereocenters. The number of aromatic nitrogens is 5. The predicted molar refractivity (Wildman–Crippen MR) is 481 cm³/mol. The maximum atomic E-state index is 5.11. The van der Waals surface area contributed by atoms with Gasteiger partial charge in [0.25, 0.3) is 0 Å². The van der Waals surface area contributed by atoms with Crippen LogP contribution < -0.4 is 0 Å². The van der Waals surface area contributed by atoms with E-state index in [0.29, 0.717) is 5.82 Å². The SMILES string of the molecule is Brc1ccc(-c2cc(-c3ccccc3)nc(-c3ccccc3)n2)cc1.c1ccc(-c2ccc3c(c2)-c2ccc4c(sc5ccc(-c6ccccc6)cc54)c2C3)cc1.c1ccc(-c2ccc3sc4c(ccc5c6cc(-c7ccccc7)ccc6n(-c6ccc(-c7cc(-c8ccccc8)nc(-c8ccccc8)n7)cc6)c54)c3c2)cc1. The number of thiophene rings is 2. The van der Waals surface area contributed by atoms with Crippen molar-refractivity contribution in [2.24, 2.45) is 0 Å². The lowest BCUT2D eigenvalue weighted by Gasteiger charge is -2.12. The van der Waals surface area contributed by atoms with E-state index >= 15 is 0 Å². The number of hydrogen-bond acceptors (Lipinski definition) is 6. The van der Waals surface area contributed by atoms with E-state index in [1.54, 1.807) is 0 Å². The summed E-state index contributed by atoms with van der Waals surface area (Å²) < 4.78 is 8.91. The lowest BCUT2D eigenvalue weighted by Crippen LogP contribution is -1.97. The number of benzene rings is 16. The molecule has 0 saturated carbocycles. The monoisotopic (exact) mass is 1540 g/mol. The third-order valence-electron chi connectivity index (χ3n) is 21.5. The van der Waals surface area contributed by atoms with Gasteiger partial charge in [-0.1, -0.05) is 337 Å². The van der Waals surface area contributed by atoms with Crippen LogP contribution in [0.15, 0.2) is 405 Å². The number of fused-ring (bicyclic) bond motifs is 14. The fourth-order valence-electron chi connectivity index (χ4n) is 15.9. The van der Waals surface area contributed by atoms with Crippen LogP contribution in [0.5, 0.6) is 0 Å². The first-order valence-corrected chi connectivity index (χ1v) is 40.5. The minimum atomic E-state index is 0.713. The van der Waals surface area contributed by atoms with E-state index in [1.165, 1.54) is 129 Å². The van der Waals surface area contributed by atoms with E-state index in [-0.39, 0.29) is 0 Å². The molecule has 5 nitrogen and oxygen atoms in total. The number of rotatable bonds is 11. The molecule has 0 N–H and O–H groups in total. The van der Waals surface area contributed by atoms with Gasteiger partial charge in [-0.05, 0) is 146 Å². The molecule has 1 aliphatic carbocycles. The van der Waals surface area contributed by atoms with Gasteiger partial charge in [-0.3, -0.25) is 0 Å². The molecule has 8 heteroatoms. The van der Waals surface area contributed by atoms with Gasteiger partial charge in [0.1, 0.15) is 0 Å². The predicted octanol–water partition coefficient (Wildman–Crippen LogP) is 29.5. The minimum absolute atomic E-state index is 0.713. The highest BCUT2D eigenvalue weighted by Gasteiger charge is 2.25. The molecule has 0 aliphatic heterocycles. The quantitative estimate of drug-likeness (QED) is 0.129. The minimum Gasteiger partial charge on any atom is -0.308 e. The second-order valence-electron chi connectivity index (χ2n) is 28.5. The van der Waals surface area contributed by atoms with Gasteiger partial charge in [0.05, 0.1) is 38.5 Å². The smallest absolute Gasteiger partial charge is 0.160 e. The number of hydrogen-bond donors (Lipinski definition) is 0. The van der Waals surface area contributed by atoms with Gasteiger partial charge in [-0.25, -0.2) is 19.9 Å². The van der Waals surface area contributed by atoms with Crippen molar-refractivity contribution in [3.8, 4) is 129 Å². The molecule has 0 fully saturated rings. The summed E-state index contributed by atoms with van der Waals surface area (Å²) in [5.41, 5.74) is 29.2. The highest BCUT2D eigenvalue weighted by molar-refractivity contribution is 9.10. The Labute approximate surface area is 671 Å². The highest BCUT2D eigenvalue weighted by atomic mass is 79.9. The van der Waals surface area contributed by atoms with Crippen molar-refractivity contribution >= 4 is 101 Å². The zero-order valence-corrected chi connectivity index (χ0v) is 64.5. The normalized spacial score (nSPS) is 11.5. The average molecular weight is 1540 g/mol. The molecule has 22 rings (SSSR count). The van der Waals surface area contributed by atoms with E-state index in [0.717, 1.165) is 78.6 Å². The maximum absolute atomic E-state index is 5.11. The molecule has 0 atom stereocenters. The van der Waals surface area contributed by atoms with E-state index in [2.05, 4.69) is 330 Å². The van der Waals surface area contributed by atoms with Crippen LogP contribution in [0, 0.1) is 0 Å². The van der Waals surface area contributed by atoms with E-state index in [1.807, 2.05) is 114 Å². The van der Waals surface area contributed by atoms with Crippen LogP contribution in [-0.2, 0) is 6.42 Å². The Bertz CT molecular complexity index is 6960. The fourth-order valence-corrected chi connectivity index (χ4v) is 18.6. The molecule has 16 aromatic carbocycles. The summed E-state index contributed by atoms with van der Waals surface area (Å²) in [6, 6.07) is 142. The lowest BCUT2D eigenvalue weighted by molar-refractivity contribution is 1.17. The van der Waals surface area contributed by atoms with Gasteiger partial charge in [-0.2, -0.15) is 0 Å². The van der Waals surface area contributed by atoms with Gasteiger partial charge in [0.15, 0.2) is 11.6 Å². The first kappa shape index (κ1) is 68.7. The van der Waals surface area contributed by atoms with Gasteiger partial charge in [-0.15, -0.1) is 22.7 Å². The van der Waals surface area contributed by atoms with Crippen LogP contribution in [0.25, 0.3) is 191 Å². The average Bonchev–Trinajstić information content (AvgIpc) is 1.58. The molecule has 0 bridgehead atoms. The topological polar surface area (TPSA) is 56.5 Å². The summed E-state index contributed by atoms with van der Waals surface area (Å²) in [4.78, 5) is 19.7. The summed E-state index contributed by atoms with van der Waals surface area (Å²) in [5, 5.41) is 7.82. The highest BCUT2D eigenvalue weighted by Crippen LogP contribution is 2.49. The zero-order valence-electron chi connectivity index (χ0n) is 61.2. The summed E-state index contributed by atoms with van der Waals surface area (Å²) in [7, 11) is 0. The Kier molecular flexibility index (Phi) is 18.2. The molecule has 0 amide bonds. The third-order valence-corrected chi connectivity index (χ3v) is 24.5. The molecule has 113 heavy (non-hydrogen) atoms. The van der Waals surface area contributed by atoms with Crippen LogP contribution in [0.1, 0.15) is 11.1 Å². The second kappa shape index (κ2) is 30.0.